The minimum atomic E-state index is -3.56. The van der Waals surface area contributed by atoms with Gasteiger partial charge in [0.1, 0.15) is 10.6 Å². The second-order valence-electron chi connectivity index (χ2n) is 7.85. The molecule has 4 rings (SSSR count). The number of anilines is 2. The van der Waals surface area contributed by atoms with Crippen LogP contribution < -0.4 is 15.5 Å². The summed E-state index contributed by atoms with van der Waals surface area (Å²) in [5.74, 6) is 0.784. The fourth-order valence-corrected chi connectivity index (χ4v) is 5.58. The molecule has 2 aromatic rings. The van der Waals surface area contributed by atoms with Gasteiger partial charge in [-0.25, -0.2) is 23.2 Å². The van der Waals surface area contributed by atoms with Crippen LogP contribution in [0.15, 0.2) is 30.3 Å². The van der Waals surface area contributed by atoms with E-state index in [0.717, 1.165) is 0 Å². The summed E-state index contributed by atoms with van der Waals surface area (Å²) >= 11 is 0. The van der Waals surface area contributed by atoms with Gasteiger partial charge in [0.05, 0.1) is 31.3 Å². The molecule has 1 aromatic carbocycles. The number of amides is 2. The van der Waals surface area contributed by atoms with Gasteiger partial charge >= 0.3 is 6.03 Å². The average Bonchev–Trinajstić information content (AvgIpc) is 3.63. The molecule has 0 spiro atoms. The maximum Gasteiger partial charge on any atom is 0.318 e. The van der Waals surface area contributed by atoms with E-state index in [4.69, 9.17) is 9.72 Å². The molecule has 32 heavy (non-hydrogen) atoms. The van der Waals surface area contributed by atoms with Gasteiger partial charge in [-0.1, -0.05) is 0 Å². The van der Waals surface area contributed by atoms with Gasteiger partial charge in [0.25, 0.3) is 0 Å². The van der Waals surface area contributed by atoms with Crippen molar-refractivity contribution in [1.29, 1.82) is 0 Å². The third-order valence-electron chi connectivity index (χ3n) is 5.80. The fourth-order valence-electron chi connectivity index (χ4n) is 3.80. The molecule has 2 heterocycles. The third kappa shape index (κ3) is 4.41. The number of nitrogens with one attached hydrogen (secondary N) is 2. The van der Waals surface area contributed by atoms with E-state index in [1.54, 1.807) is 30.3 Å². The van der Waals surface area contributed by atoms with Crippen molar-refractivity contribution >= 4 is 27.4 Å². The Bertz CT molecular complexity index is 1080. The highest BCUT2D eigenvalue weighted by Gasteiger charge is 2.56. The minimum absolute atomic E-state index is 0.293. The number of benzene rings is 1. The number of carbonyl (C=O) groups is 1. The van der Waals surface area contributed by atoms with Gasteiger partial charge in [-0.2, -0.15) is 0 Å². The third-order valence-corrected chi connectivity index (χ3v) is 8.33. The van der Waals surface area contributed by atoms with Crippen LogP contribution in [0.2, 0.25) is 0 Å². The summed E-state index contributed by atoms with van der Waals surface area (Å²) in [6.07, 6.45) is 0.951. The van der Waals surface area contributed by atoms with Crippen molar-refractivity contribution in [2.45, 2.75) is 17.6 Å². The van der Waals surface area contributed by atoms with Crippen molar-refractivity contribution in [3.63, 3.8) is 0 Å². The van der Waals surface area contributed by atoms with Gasteiger partial charge in [0, 0.05) is 37.5 Å². The van der Waals surface area contributed by atoms with Crippen LogP contribution >= 0.6 is 0 Å². The number of aliphatic hydroxyl groups excluding tert-OH is 1. The molecule has 1 saturated heterocycles. The van der Waals surface area contributed by atoms with Crippen LogP contribution in [0.1, 0.15) is 18.5 Å². The Morgan fingerprint density at radius 2 is 1.88 bits per heavy atom. The normalized spacial score (nSPS) is 17.6. The van der Waals surface area contributed by atoms with Crippen LogP contribution in [0, 0.1) is 0 Å². The van der Waals surface area contributed by atoms with Gasteiger partial charge in [0.2, 0.25) is 0 Å². The van der Waals surface area contributed by atoms with Crippen molar-refractivity contribution in [2.75, 3.05) is 55.9 Å². The first-order valence-corrected chi connectivity index (χ1v) is 12.2. The smallest absolute Gasteiger partial charge is 0.318 e. The van der Waals surface area contributed by atoms with Crippen LogP contribution in [0.25, 0.3) is 11.4 Å². The standard InChI is InChI=1S/C21H27N5O5S/c1-22-20(28)23-16-4-2-15(3-5-16)19-24-17(21(6-7-21)32(29,30)13-10-27)14-18(25-19)26-8-11-31-12-9-26/h2-5,14,27H,6-13H2,1H3,(H2,22,23,28). The summed E-state index contributed by atoms with van der Waals surface area (Å²) in [6, 6.07) is 8.49. The molecule has 10 nitrogen and oxygen atoms in total. The summed E-state index contributed by atoms with van der Waals surface area (Å²) in [5.41, 5.74) is 1.78. The van der Waals surface area contributed by atoms with E-state index in [2.05, 4.69) is 20.5 Å². The predicted octanol–water partition coefficient (Wildman–Crippen LogP) is 1.13. The lowest BCUT2D eigenvalue weighted by Crippen LogP contribution is -2.37. The summed E-state index contributed by atoms with van der Waals surface area (Å²) in [6.45, 7) is 2.03. The summed E-state index contributed by atoms with van der Waals surface area (Å²) in [5, 5.41) is 14.5. The molecular weight excluding hydrogens is 434 g/mol. The number of ether oxygens (including phenoxy) is 1. The number of hydrogen-bond acceptors (Lipinski definition) is 8. The number of aromatic nitrogens is 2. The minimum Gasteiger partial charge on any atom is -0.395 e. The Labute approximate surface area is 186 Å². The Kier molecular flexibility index (Phi) is 6.31. The molecule has 11 heteroatoms. The number of morpholine rings is 1. The molecule has 1 aliphatic carbocycles. The largest absolute Gasteiger partial charge is 0.395 e. The zero-order valence-electron chi connectivity index (χ0n) is 17.9. The molecule has 2 fully saturated rings. The Morgan fingerprint density at radius 3 is 2.47 bits per heavy atom. The zero-order chi connectivity index (χ0) is 22.8. The summed E-state index contributed by atoms with van der Waals surface area (Å²) in [7, 11) is -2.02. The van der Waals surface area contributed by atoms with Crippen LogP contribution in [0.4, 0.5) is 16.3 Å². The number of rotatable bonds is 7. The molecule has 1 saturated carbocycles. The zero-order valence-corrected chi connectivity index (χ0v) is 18.7. The topological polar surface area (TPSA) is 134 Å². The Balaban J connectivity index is 1.74. The van der Waals surface area contributed by atoms with Gasteiger partial charge in [-0.3, -0.25) is 0 Å². The van der Waals surface area contributed by atoms with Crippen molar-refractivity contribution in [3.8, 4) is 11.4 Å². The second-order valence-corrected chi connectivity index (χ2v) is 10.3. The molecule has 3 N–H and O–H groups in total. The molecule has 1 aromatic heterocycles. The highest BCUT2D eigenvalue weighted by molar-refractivity contribution is 7.92. The Morgan fingerprint density at radius 1 is 1.19 bits per heavy atom. The van der Waals surface area contributed by atoms with E-state index >= 15 is 0 Å². The summed E-state index contributed by atoms with van der Waals surface area (Å²) in [4.78, 5) is 23.0. The lowest BCUT2D eigenvalue weighted by Gasteiger charge is -2.29. The molecule has 0 radical (unpaired) electrons. The van der Waals surface area contributed by atoms with Gasteiger partial charge < -0.3 is 25.4 Å². The average molecular weight is 462 g/mol. The van der Waals surface area contributed by atoms with Crippen LogP contribution in [-0.4, -0.2) is 75.2 Å². The van der Waals surface area contributed by atoms with E-state index < -0.39 is 21.2 Å². The monoisotopic (exact) mass is 461 g/mol. The quantitative estimate of drug-likeness (QED) is 0.559. The van der Waals surface area contributed by atoms with Crippen molar-refractivity contribution in [2.24, 2.45) is 0 Å². The van der Waals surface area contributed by atoms with Gasteiger partial charge in [0.15, 0.2) is 15.7 Å². The van der Waals surface area contributed by atoms with E-state index in [1.807, 2.05) is 0 Å². The molecule has 1 aliphatic heterocycles. The van der Waals surface area contributed by atoms with Crippen LogP contribution in [-0.2, 0) is 19.3 Å². The molecule has 2 amide bonds. The van der Waals surface area contributed by atoms with Gasteiger partial charge in [-0.15, -0.1) is 0 Å². The highest BCUT2D eigenvalue weighted by Crippen LogP contribution is 2.53. The number of nitrogens with zero attached hydrogens (tertiary/aromatic N) is 3. The maximum absolute atomic E-state index is 12.9. The van der Waals surface area contributed by atoms with E-state index in [1.165, 1.54) is 7.05 Å². The summed E-state index contributed by atoms with van der Waals surface area (Å²) < 4.78 is 30.2. The van der Waals surface area contributed by atoms with Crippen molar-refractivity contribution in [3.05, 3.63) is 36.0 Å². The molecule has 0 unspecified atom stereocenters. The van der Waals surface area contributed by atoms with Crippen molar-refractivity contribution in [1.82, 2.24) is 15.3 Å². The molecular formula is C21H27N5O5S. The molecule has 0 bridgehead atoms. The second kappa shape index (κ2) is 9.00. The van der Waals surface area contributed by atoms with E-state index in [-0.39, 0.29) is 11.8 Å². The van der Waals surface area contributed by atoms with Gasteiger partial charge in [-0.05, 0) is 37.1 Å². The van der Waals surface area contributed by atoms with Crippen LogP contribution in [0.5, 0.6) is 0 Å². The highest BCUT2D eigenvalue weighted by atomic mass is 32.2. The lowest BCUT2D eigenvalue weighted by atomic mass is 10.1. The lowest BCUT2D eigenvalue weighted by molar-refractivity contribution is 0.122. The Hall–Kier alpha value is -2.76. The first-order chi connectivity index (χ1) is 15.4. The number of urea groups is 1. The maximum atomic E-state index is 12.9. The number of hydrogen-bond donors (Lipinski definition) is 3. The van der Waals surface area contributed by atoms with E-state index in [0.29, 0.717) is 67.7 Å². The van der Waals surface area contributed by atoms with E-state index in [9.17, 15) is 18.3 Å². The first-order valence-electron chi connectivity index (χ1n) is 10.5. The number of carbonyl (C=O) groups excluding carboxylic acids is 1. The predicted molar refractivity (Wildman–Crippen MR) is 120 cm³/mol. The molecule has 0 atom stereocenters. The molecule has 2 aliphatic rings. The van der Waals surface area contributed by atoms with Crippen LogP contribution in [0.3, 0.4) is 0 Å². The number of sulfone groups is 1. The molecule has 172 valence electrons. The first kappa shape index (κ1) is 22.4. The fraction of sp³-hybridized carbons (Fsp3) is 0.476. The SMILES string of the molecule is CNC(=O)Nc1ccc(-c2nc(N3CCOCC3)cc(C3(S(=O)(=O)CCO)CC3)n2)cc1. The number of aliphatic hydroxyl groups is 1. The van der Waals surface area contributed by atoms with Crippen molar-refractivity contribution < 1.29 is 23.1 Å².